The van der Waals surface area contributed by atoms with Crippen LogP contribution in [0.2, 0.25) is 0 Å². The van der Waals surface area contributed by atoms with Gasteiger partial charge >= 0.3 is 0 Å². The fraction of sp³-hybridized carbons (Fsp3) is 0.583. The molecule has 2 fully saturated rings. The highest BCUT2D eigenvalue weighted by Gasteiger charge is 2.50. The minimum absolute atomic E-state index is 0.214. The molecule has 17 heavy (non-hydrogen) atoms. The van der Waals surface area contributed by atoms with Gasteiger partial charge in [0.25, 0.3) is 0 Å². The highest BCUT2D eigenvalue weighted by molar-refractivity contribution is 7.80. The largest absolute Gasteiger partial charge is 0.763 e. The number of carbonyl (C=O) groups excluding carboxylic acids is 1. The number of nitrogens with zero attached hydrogens (tertiary/aromatic N) is 2. The first kappa shape index (κ1) is 12.0. The van der Waals surface area contributed by atoms with Crippen LogP contribution in [0.25, 0.3) is 5.41 Å². The average molecular weight is 246 g/mol. The van der Waals surface area contributed by atoms with Gasteiger partial charge in [0.15, 0.2) is 0 Å². The van der Waals surface area contributed by atoms with Crippen LogP contribution in [-0.2, 0) is 4.79 Å². The van der Waals surface area contributed by atoms with Gasteiger partial charge < -0.3 is 10.7 Å². The van der Waals surface area contributed by atoms with E-state index in [2.05, 4.69) is 17.3 Å². The van der Waals surface area contributed by atoms with Gasteiger partial charge in [0.1, 0.15) is 10.9 Å². The first-order chi connectivity index (χ1) is 8.15. The Morgan fingerprint density at radius 1 is 1.41 bits per heavy atom. The number of thiocarbonyl (C=S) groups is 1. The van der Waals surface area contributed by atoms with Gasteiger partial charge in [-0.2, -0.15) is 5.26 Å². The van der Waals surface area contributed by atoms with Crippen LogP contribution in [0.4, 0.5) is 0 Å². The zero-order valence-corrected chi connectivity index (χ0v) is 10.1. The SMILES string of the molecule is N#CC1C(=O)NC(=S)C(=C=[N-])C12CCCCC2. The molecule has 1 saturated carbocycles. The first-order valence-electron chi connectivity index (χ1n) is 5.68. The van der Waals surface area contributed by atoms with Crippen LogP contribution in [0.15, 0.2) is 5.57 Å². The predicted molar refractivity (Wildman–Crippen MR) is 67.2 cm³/mol. The second kappa shape index (κ2) is 4.40. The Hall–Kier alpha value is -1.50. The zero-order valence-electron chi connectivity index (χ0n) is 9.32. The molecule has 0 aromatic rings. The molecule has 1 saturated heterocycles. The van der Waals surface area contributed by atoms with Crippen molar-refractivity contribution in [1.82, 2.24) is 5.32 Å². The zero-order chi connectivity index (χ0) is 12.5. The van der Waals surface area contributed by atoms with E-state index in [4.69, 9.17) is 12.2 Å². The summed E-state index contributed by atoms with van der Waals surface area (Å²) in [5, 5.41) is 20.9. The molecule has 1 amide bonds. The minimum atomic E-state index is -0.774. The highest BCUT2D eigenvalue weighted by Crippen LogP contribution is 2.49. The number of hydrogen-bond donors (Lipinski definition) is 1. The van der Waals surface area contributed by atoms with Gasteiger partial charge in [-0.25, -0.2) is 0 Å². The van der Waals surface area contributed by atoms with E-state index in [0.29, 0.717) is 18.4 Å². The normalized spacial score (nSPS) is 27.2. The van der Waals surface area contributed by atoms with E-state index in [-0.39, 0.29) is 10.9 Å². The summed E-state index contributed by atoms with van der Waals surface area (Å²) in [7, 11) is 0. The standard InChI is InChI=1S/C12H12N3OS/c13-6-8-10(16)15-11(17)9(7-14)12(8)4-2-1-3-5-12/h8H,1-5H2,(H,15,16,17)/q-1. The number of rotatable bonds is 0. The lowest BCUT2D eigenvalue weighted by molar-refractivity contribution is -0.126. The fourth-order valence-electron chi connectivity index (χ4n) is 2.93. The molecule has 1 atom stereocenters. The molecule has 2 rings (SSSR count). The van der Waals surface area contributed by atoms with Gasteiger partial charge in [0, 0.05) is 11.0 Å². The van der Waals surface area contributed by atoms with Crippen molar-refractivity contribution in [3.8, 4) is 6.07 Å². The third-order valence-corrected chi connectivity index (χ3v) is 4.07. The quantitative estimate of drug-likeness (QED) is 0.401. The van der Waals surface area contributed by atoms with E-state index in [1.165, 1.54) is 0 Å². The second-order valence-electron chi connectivity index (χ2n) is 4.58. The van der Waals surface area contributed by atoms with Crippen LogP contribution in [-0.4, -0.2) is 16.8 Å². The third-order valence-electron chi connectivity index (χ3n) is 3.76. The summed E-state index contributed by atoms with van der Waals surface area (Å²) in [6.07, 6.45) is 4.40. The van der Waals surface area contributed by atoms with Crippen molar-refractivity contribution in [2.24, 2.45) is 11.3 Å². The van der Waals surface area contributed by atoms with Crippen LogP contribution in [0.3, 0.4) is 0 Å². The highest BCUT2D eigenvalue weighted by atomic mass is 32.1. The molecule has 2 aliphatic rings. The Balaban J connectivity index is 2.53. The van der Waals surface area contributed by atoms with Crippen molar-refractivity contribution in [3.05, 3.63) is 11.0 Å². The van der Waals surface area contributed by atoms with Gasteiger partial charge in [0.05, 0.1) is 6.07 Å². The summed E-state index contributed by atoms with van der Waals surface area (Å²) in [6, 6.07) is 2.06. The van der Waals surface area contributed by atoms with Crippen LogP contribution < -0.4 is 5.32 Å². The Morgan fingerprint density at radius 3 is 2.59 bits per heavy atom. The monoisotopic (exact) mass is 246 g/mol. The number of nitriles is 1. The van der Waals surface area contributed by atoms with Gasteiger partial charge in [0.2, 0.25) is 5.91 Å². The van der Waals surface area contributed by atoms with Crippen LogP contribution in [0.1, 0.15) is 32.1 Å². The molecule has 0 aromatic heterocycles. The summed E-state index contributed by atoms with van der Waals surface area (Å²) < 4.78 is 0. The Labute approximate surface area is 105 Å². The van der Waals surface area contributed by atoms with Gasteiger partial charge in [-0.15, -0.1) is 0 Å². The van der Waals surface area contributed by atoms with Crippen molar-refractivity contribution < 1.29 is 4.79 Å². The smallest absolute Gasteiger partial charge is 0.243 e. The number of amides is 1. The summed E-state index contributed by atoms with van der Waals surface area (Å²) >= 11 is 5.06. The molecule has 1 unspecified atom stereocenters. The summed E-state index contributed by atoms with van der Waals surface area (Å²) in [6.45, 7) is 0. The van der Waals surface area contributed by atoms with Gasteiger partial charge in [-0.05, 0) is 12.8 Å². The molecule has 1 N–H and O–H groups in total. The molecule has 4 nitrogen and oxygen atoms in total. The predicted octanol–water partition coefficient (Wildman–Crippen LogP) is 1.70. The maximum absolute atomic E-state index is 11.8. The van der Waals surface area contributed by atoms with Crippen molar-refractivity contribution in [2.75, 3.05) is 0 Å². The molecule has 1 spiro atoms. The number of hydrogen-bond acceptors (Lipinski definition) is 3. The molecule has 5 heteroatoms. The summed E-state index contributed by atoms with van der Waals surface area (Å²) in [4.78, 5) is 12.0. The topological polar surface area (TPSA) is 75.2 Å². The van der Waals surface area contributed by atoms with Crippen LogP contribution in [0, 0.1) is 22.7 Å². The number of nitrogens with one attached hydrogen (secondary N) is 1. The first-order valence-corrected chi connectivity index (χ1v) is 6.09. The fourth-order valence-corrected chi connectivity index (χ4v) is 3.28. The average Bonchev–Trinajstić information content (AvgIpc) is 2.30. The maximum Gasteiger partial charge on any atom is 0.243 e. The molecule has 1 aliphatic heterocycles. The third kappa shape index (κ3) is 1.70. The molecule has 0 bridgehead atoms. The van der Waals surface area contributed by atoms with E-state index in [9.17, 15) is 15.5 Å². The van der Waals surface area contributed by atoms with Crippen LogP contribution >= 0.6 is 12.2 Å². The Kier molecular flexibility index (Phi) is 3.10. The lowest BCUT2D eigenvalue weighted by Crippen LogP contribution is -2.53. The Morgan fingerprint density at radius 2 is 2.06 bits per heavy atom. The molecule has 0 radical (unpaired) electrons. The number of piperidine rings is 1. The van der Waals surface area contributed by atoms with E-state index in [1.807, 2.05) is 0 Å². The molecular formula is C12H12N3OS-. The second-order valence-corrected chi connectivity index (χ2v) is 4.99. The molecular weight excluding hydrogens is 234 g/mol. The summed E-state index contributed by atoms with van der Waals surface area (Å²) in [5.74, 6) is 0.986. The van der Waals surface area contributed by atoms with Crippen molar-refractivity contribution in [1.29, 1.82) is 5.26 Å². The van der Waals surface area contributed by atoms with E-state index in [0.717, 1.165) is 19.3 Å². The van der Waals surface area contributed by atoms with E-state index < -0.39 is 11.3 Å². The lowest BCUT2D eigenvalue weighted by atomic mass is 9.60. The molecule has 1 aliphatic carbocycles. The van der Waals surface area contributed by atoms with Gasteiger partial charge in [-0.1, -0.05) is 31.5 Å². The van der Waals surface area contributed by atoms with E-state index >= 15 is 0 Å². The van der Waals surface area contributed by atoms with E-state index in [1.54, 1.807) is 0 Å². The number of carbonyl (C=O) groups is 1. The van der Waals surface area contributed by atoms with Crippen molar-refractivity contribution in [2.45, 2.75) is 32.1 Å². The van der Waals surface area contributed by atoms with Gasteiger partial charge in [-0.3, -0.25) is 10.7 Å². The summed E-state index contributed by atoms with van der Waals surface area (Å²) in [5.41, 5.74) is -0.195. The molecule has 0 aromatic carbocycles. The molecule has 88 valence electrons. The lowest BCUT2D eigenvalue weighted by Gasteiger charge is -2.44. The Bertz CT molecular complexity index is 465. The maximum atomic E-state index is 11.8. The van der Waals surface area contributed by atoms with Crippen molar-refractivity contribution >= 4 is 29.0 Å². The minimum Gasteiger partial charge on any atom is -0.763 e. The van der Waals surface area contributed by atoms with Crippen LogP contribution in [0.5, 0.6) is 0 Å². The van der Waals surface area contributed by atoms with Crippen molar-refractivity contribution in [3.63, 3.8) is 0 Å². The molecule has 1 heterocycles.